The van der Waals surface area contributed by atoms with Gasteiger partial charge in [-0.05, 0) is 128 Å². The molecule has 0 aliphatic heterocycles. The van der Waals surface area contributed by atoms with E-state index in [1.807, 2.05) is 0 Å². The van der Waals surface area contributed by atoms with E-state index in [2.05, 4.69) is 154 Å². The quantitative estimate of drug-likeness (QED) is 0.0262. The Hall–Kier alpha value is -4.45. The van der Waals surface area contributed by atoms with Crippen molar-refractivity contribution in [3.05, 3.63) is 134 Å². The largest absolute Gasteiger partial charge is 0.462 e. The van der Waals surface area contributed by atoms with Crippen LogP contribution in [-0.4, -0.2) is 37.2 Å². The van der Waals surface area contributed by atoms with E-state index in [-0.39, 0.29) is 37.5 Å². The lowest BCUT2D eigenvalue weighted by atomic mass is 10.1. The molecule has 0 spiro atoms. The van der Waals surface area contributed by atoms with Crippen LogP contribution in [0.5, 0.6) is 0 Å². The molecule has 0 rings (SSSR count). The summed E-state index contributed by atoms with van der Waals surface area (Å²) in [5.41, 5.74) is 0. The summed E-state index contributed by atoms with van der Waals surface area (Å²) < 4.78 is 16.7. The lowest BCUT2D eigenvalue weighted by molar-refractivity contribution is -0.167. The van der Waals surface area contributed by atoms with Crippen LogP contribution in [0.1, 0.15) is 220 Å². The topological polar surface area (TPSA) is 78.9 Å². The number of carbonyl (C=O) groups is 3. The minimum atomic E-state index is -0.831. The zero-order valence-electron chi connectivity index (χ0n) is 43.6. The predicted molar refractivity (Wildman–Crippen MR) is 292 cm³/mol. The Morgan fingerprint density at radius 3 is 1.00 bits per heavy atom. The average molecular weight is 939 g/mol. The molecule has 6 heteroatoms. The van der Waals surface area contributed by atoms with Gasteiger partial charge in [-0.1, -0.05) is 206 Å². The zero-order chi connectivity index (χ0) is 49.3. The van der Waals surface area contributed by atoms with Gasteiger partial charge in [0.1, 0.15) is 13.2 Å². The van der Waals surface area contributed by atoms with Crippen LogP contribution in [0.15, 0.2) is 134 Å². The van der Waals surface area contributed by atoms with Gasteiger partial charge in [0.25, 0.3) is 0 Å². The second kappa shape index (κ2) is 55.1. The molecule has 0 saturated heterocycles. The molecule has 0 radical (unpaired) electrons. The van der Waals surface area contributed by atoms with Crippen molar-refractivity contribution in [1.82, 2.24) is 0 Å². The first kappa shape index (κ1) is 63.5. The Kier molecular flexibility index (Phi) is 51.5. The maximum Gasteiger partial charge on any atom is 0.306 e. The van der Waals surface area contributed by atoms with E-state index in [1.54, 1.807) is 0 Å². The summed E-state index contributed by atoms with van der Waals surface area (Å²) in [5.74, 6) is -1.03. The monoisotopic (exact) mass is 939 g/mol. The summed E-state index contributed by atoms with van der Waals surface area (Å²) >= 11 is 0. The number of ether oxygens (including phenoxy) is 3. The number of rotatable bonds is 47. The molecular weight excluding hydrogens is 841 g/mol. The van der Waals surface area contributed by atoms with Crippen LogP contribution in [0.3, 0.4) is 0 Å². The number of hydrogen-bond acceptors (Lipinski definition) is 6. The minimum Gasteiger partial charge on any atom is -0.462 e. The van der Waals surface area contributed by atoms with Gasteiger partial charge in [-0.2, -0.15) is 0 Å². The van der Waals surface area contributed by atoms with Crippen LogP contribution in [0.25, 0.3) is 0 Å². The Labute approximate surface area is 417 Å². The highest BCUT2D eigenvalue weighted by atomic mass is 16.6. The van der Waals surface area contributed by atoms with Gasteiger partial charge >= 0.3 is 17.9 Å². The van der Waals surface area contributed by atoms with E-state index >= 15 is 0 Å². The minimum absolute atomic E-state index is 0.123. The first-order chi connectivity index (χ1) is 33.5. The molecule has 0 aliphatic rings. The average Bonchev–Trinajstić information content (AvgIpc) is 3.34. The fourth-order valence-corrected chi connectivity index (χ4v) is 6.77. The molecule has 0 aromatic carbocycles. The third kappa shape index (κ3) is 52.5. The second-order valence-electron chi connectivity index (χ2n) is 17.4. The zero-order valence-corrected chi connectivity index (χ0v) is 43.6. The maximum absolute atomic E-state index is 12.8. The number of hydrogen-bond donors (Lipinski definition) is 0. The van der Waals surface area contributed by atoms with Gasteiger partial charge in [0.2, 0.25) is 0 Å². The molecular formula is C62H98O6. The van der Waals surface area contributed by atoms with Crippen molar-refractivity contribution in [2.75, 3.05) is 13.2 Å². The van der Waals surface area contributed by atoms with Gasteiger partial charge in [-0.25, -0.2) is 0 Å². The molecule has 6 nitrogen and oxygen atoms in total. The van der Waals surface area contributed by atoms with Crippen molar-refractivity contribution in [1.29, 1.82) is 0 Å². The molecule has 0 aliphatic carbocycles. The molecule has 0 aromatic rings. The highest BCUT2D eigenvalue weighted by Gasteiger charge is 2.19. The normalized spacial score (nSPS) is 13.2. The highest BCUT2D eigenvalue weighted by Crippen LogP contribution is 2.11. The summed E-state index contributed by atoms with van der Waals surface area (Å²) in [6.45, 7) is 6.35. The Morgan fingerprint density at radius 2 is 0.603 bits per heavy atom. The lowest BCUT2D eigenvalue weighted by Crippen LogP contribution is -2.30. The Balaban J connectivity index is 4.58. The standard InChI is InChI=1S/C62H98O6/c1-4-7-10-13-16-19-22-25-28-30-31-33-34-37-40-43-46-49-52-55-61(64)67-58-59(57-66-60(63)54-51-48-45-42-39-36-27-24-21-18-15-12-9-6-3)68-62(65)56-53-50-47-44-41-38-35-32-29-26-23-20-17-14-11-8-5-2/h7,10,15-20,24-29,31,33,35,37-38,40,44,47,59H,4-6,8-9,11-14,21-23,30,32,34,36,39,41-43,45-46,48-58H2,1-3H3/b10-7-,18-15-,19-16-,20-17-,27-24-,28-25-,29-26-,33-31-,38-35-,40-37-,47-44-/t59-/m1/s1. The summed E-state index contributed by atoms with van der Waals surface area (Å²) in [6, 6.07) is 0. The maximum atomic E-state index is 12.8. The van der Waals surface area contributed by atoms with Crippen molar-refractivity contribution in [3.63, 3.8) is 0 Å². The molecule has 68 heavy (non-hydrogen) atoms. The van der Waals surface area contributed by atoms with Gasteiger partial charge in [0.05, 0.1) is 0 Å². The smallest absolute Gasteiger partial charge is 0.306 e. The lowest BCUT2D eigenvalue weighted by Gasteiger charge is -2.18. The van der Waals surface area contributed by atoms with E-state index in [0.717, 1.165) is 128 Å². The Morgan fingerprint density at radius 1 is 0.309 bits per heavy atom. The molecule has 0 fully saturated rings. The van der Waals surface area contributed by atoms with Gasteiger partial charge in [0, 0.05) is 19.3 Å². The van der Waals surface area contributed by atoms with E-state index < -0.39 is 6.10 Å². The second-order valence-corrected chi connectivity index (χ2v) is 17.4. The summed E-state index contributed by atoms with van der Waals surface area (Å²) in [6.07, 6.45) is 77.2. The summed E-state index contributed by atoms with van der Waals surface area (Å²) in [7, 11) is 0. The fourth-order valence-electron chi connectivity index (χ4n) is 6.77. The number of unbranched alkanes of at least 4 members (excludes halogenated alkanes) is 14. The van der Waals surface area contributed by atoms with E-state index in [4.69, 9.17) is 14.2 Å². The van der Waals surface area contributed by atoms with Gasteiger partial charge in [-0.3, -0.25) is 14.4 Å². The highest BCUT2D eigenvalue weighted by molar-refractivity contribution is 5.71. The SMILES string of the molecule is CC/C=C\C/C=C\C/C=C\C/C=C\C/C=C\CCCCCC(=O)OC[C@@H](COC(=O)CCCCCCC/C=C\C/C=C\CCCC)OC(=O)CCC/C=C\C/C=C\C/C=C\C/C=C\CCCCC. The number of carbonyl (C=O) groups excluding carboxylic acids is 3. The van der Waals surface area contributed by atoms with Crippen molar-refractivity contribution in [2.45, 2.75) is 226 Å². The molecule has 0 unspecified atom stereocenters. The number of allylic oxidation sites excluding steroid dienone is 22. The summed E-state index contributed by atoms with van der Waals surface area (Å²) in [5, 5.41) is 0. The Bertz CT molecular complexity index is 1500. The molecule has 0 bridgehead atoms. The van der Waals surface area contributed by atoms with Crippen LogP contribution in [0.4, 0.5) is 0 Å². The van der Waals surface area contributed by atoms with E-state index in [1.165, 1.54) is 44.9 Å². The van der Waals surface area contributed by atoms with E-state index in [9.17, 15) is 14.4 Å². The van der Waals surface area contributed by atoms with Crippen LogP contribution in [-0.2, 0) is 28.6 Å². The van der Waals surface area contributed by atoms with E-state index in [0.29, 0.717) is 19.3 Å². The molecule has 1 atom stereocenters. The first-order valence-electron chi connectivity index (χ1n) is 27.2. The van der Waals surface area contributed by atoms with Gasteiger partial charge < -0.3 is 14.2 Å². The van der Waals surface area contributed by atoms with Crippen LogP contribution >= 0.6 is 0 Å². The first-order valence-corrected chi connectivity index (χ1v) is 27.2. The fraction of sp³-hybridized carbons (Fsp3) is 0.597. The number of esters is 3. The van der Waals surface area contributed by atoms with Crippen LogP contribution in [0, 0.1) is 0 Å². The van der Waals surface area contributed by atoms with Crippen molar-refractivity contribution < 1.29 is 28.6 Å². The van der Waals surface area contributed by atoms with Crippen LogP contribution < -0.4 is 0 Å². The van der Waals surface area contributed by atoms with Crippen LogP contribution in [0.2, 0.25) is 0 Å². The molecule has 382 valence electrons. The van der Waals surface area contributed by atoms with Gasteiger partial charge in [-0.15, -0.1) is 0 Å². The van der Waals surface area contributed by atoms with Gasteiger partial charge in [0.15, 0.2) is 6.10 Å². The predicted octanol–water partition coefficient (Wildman–Crippen LogP) is 18.3. The van der Waals surface area contributed by atoms with Crippen molar-refractivity contribution in [3.8, 4) is 0 Å². The third-order valence-corrected chi connectivity index (χ3v) is 10.9. The molecule has 0 saturated carbocycles. The summed E-state index contributed by atoms with van der Waals surface area (Å²) in [4.78, 5) is 38.1. The molecule has 0 heterocycles. The third-order valence-electron chi connectivity index (χ3n) is 10.9. The van der Waals surface area contributed by atoms with Crippen molar-refractivity contribution in [2.24, 2.45) is 0 Å². The molecule has 0 amide bonds. The van der Waals surface area contributed by atoms with Crippen molar-refractivity contribution >= 4 is 17.9 Å². The molecule has 0 N–H and O–H groups in total. The molecule has 0 aromatic heterocycles.